The number of rotatable bonds is 5. The summed E-state index contributed by atoms with van der Waals surface area (Å²) in [5.41, 5.74) is 2.11. The Labute approximate surface area is 112 Å². The van der Waals surface area contributed by atoms with Gasteiger partial charge in [0.05, 0.1) is 18.1 Å². The van der Waals surface area contributed by atoms with Gasteiger partial charge >= 0.3 is 0 Å². The van der Waals surface area contributed by atoms with Crippen LogP contribution in [-0.2, 0) is 6.54 Å². The molecule has 100 valence electrons. The molecule has 1 heterocycles. The first kappa shape index (κ1) is 12.4. The lowest BCUT2D eigenvalue weighted by Crippen LogP contribution is -2.19. The minimum Gasteiger partial charge on any atom is -0.326 e. The average molecular weight is 259 g/mol. The zero-order valence-electron chi connectivity index (χ0n) is 11.0. The number of halogens is 1. The van der Waals surface area contributed by atoms with Crippen molar-refractivity contribution in [3.8, 4) is 0 Å². The molecule has 1 saturated carbocycles. The quantitative estimate of drug-likeness (QED) is 0.894. The molecule has 0 bridgehead atoms. The van der Waals surface area contributed by atoms with Crippen LogP contribution in [0.15, 0.2) is 36.8 Å². The second-order valence-electron chi connectivity index (χ2n) is 5.18. The average Bonchev–Trinajstić information content (AvgIpc) is 3.13. The molecule has 0 spiro atoms. The Morgan fingerprint density at radius 2 is 2.32 bits per heavy atom. The van der Waals surface area contributed by atoms with Crippen LogP contribution in [-0.4, -0.2) is 15.6 Å². The van der Waals surface area contributed by atoms with E-state index in [0.717, 1.165) is 17.8 Å². The molecular weight excluding hydrogens is 241 g/mol. The molecule has 2 aromatic rings. The van der Waals surface area contributed by atoms with E-state index < -0.39 is 0 Å². The maximum absolute atomic E-state index is 13.3. The van der Waals surface area contributed by atoms with Crippen molar-refractivity contribution in [3.63, 3.8) is 0 Å². The third-order valence-corrected chi connectivity index (χ3v) is 3.64. The van der Waals surface area contributed by atoms with Gasteiger partial charge < -0.3 is 9.88 Å². The summed E-state index contributed by atoms with van der Waals surface area (Å²) in [7, 11) is 0. The molecule has 1 unspecified atom stereocenters. The van der Waals surface area contributed by atoms with Crippen LogP contribution in [0.1, 0.15) is 37.1 Å². The predicted octanol–water partition coefficient (Wildman–Crippen LogP) is 2.88. The highest BCUT2D eigenvalue weighted by Crippen LogP contribution is 2.22. The fourth-order valence-corrected chi connectivity index (χ4v) is 2.28. The molecule has 4 heteroatoms. The van der Waals surface area contributed by atoms with Crippen molar-refractivity contribution in [3.05, 3.63) is 53.9 Å². The van der Waals surface area contributed by atoms with Crippen molar-refractivity contribution >= 4 is 0 Å². The van der Waals surface area contributed by atoms with Gasteiger partial charge in [0, 0.05) is 18.8 Å². The van der Waals surface area contributed by atoms with E-state index >= 15 is 0 Å². The van der Waals surface area contributed by atoms with Crippen LogP contribution in [0.3, 0.4) is 0 Å². The minimum absolute atomic E-state index is 0.0919. The Morgan fingerprint density at radius 1 is 1.47 bits per heavy atom. The summed E-state index contributed by atoms with van der Waals surface area (Å²) >= 11 is 0. The van der Waals surface area contributed by atoms with Crippen molar-refractivity contribution in [1.82, 2.24) is 14.9 Å². The van der Waals surface area contributed by atoms with Gasteiger partial charge in [0.2, 0.25) is 0 Å². The van der Waals surface area contributed by atoms with Gasteiger partial charge in [-0.15, -0.1) is 0 Å². The van der Waals surface area contributed by atoms with E-state index in [0.29, 0.717) is 6.04 Å². The topological polar surface area (TPSA) is 29.9 Å². The van der Waals surface area contributed by atoms with Crippen LogP contribution in [0.2, 0.25) is 0 Å². The van der Waals surface area contributed by atoms with Gasteiger partial charge in [0.15, 0.2) is 0 Å². The standard InChI is InChI=1S/C15H18FN3/c1-11(12-3-2-4-13(16)7-12)19-10-17-8-15(19)9-18-14-5-6-14/h2-4,7-8,10-11,14,18H,5-6,9H2,1H3. The summed E-state index contributed by atoms with van der Waals surface area (Å²) in [5.74, 6) is -0.192. The molecule has 3 rings (SSSR count). The van der Waals surface area contributed by atoms with Crippen molar-refractivity contribution < 1.29 is 4.39 Å². The summed E-state index contributed by atoms with van der Waals surface area (Å²) < 4.78 is 15.4. The molecule has 3 nitrogen and oxygen atoms in total. The van der Waals surface area contributed by atoms with E-state index in [1.165, 1.54) is 18.9 Å². The van der Waals surface area contributed by atoms with Gasteiger partial charge in [-0.05, 0) is 37.5 Å². The lowest BCUT2D eigenvalue weighted by Gasteiger charge is -2.17. The Bertz CT molecular complexity index is 560. The Balaban J connectivity index is 1.78. The molecule has 1 aliphatic carbocycles. The van der Waals surface area contributed by atoms with Gasteiger partial charge in [-0.2, -0.15) is 0 Å². The number of nitrogens with one attached hydrogen (secondary N) is 1. The first-order valence-corrected chi connectivity index (χ1v) is 6.73. The molecule has 0 radical (unpaired) electrons. The fraction of sp³-hybridized carbons (Fsp3) is 0.400. The molecular formula is C15H18FN3. The summed E-state index contributed by atoms with van der Waals surface area (Å²) in [6.07, 6.45) is 6.24. The summed E-state index contributed by atoms with van der Waals surface area (Å²) in [4.78, 5) is 4.22. The third kappa shape index (κ3) is 2.84. The van der Waals surface area contributed by atoms with Crippen LogP contribution in [0, 0.1) is 5.82 Å². The molecule has 1 aliphatic rings. The highest BCUT2D eigenvalue weighted by Gasteiger charge is 2.21. The van der Waals surface area contributed by atoms with E-state index in [9.17, 15) is 4.39 Å². The van der Waals surface area contributed by atoms with Crippen LogP contribution < -0.4 is 5.32 Å². The molecule has 0 aliphatic heterocycles. The highest BCUT2D eigenvalue weighted by molar-refractivity contribution is 5.21. The van der Waals surface area contributed by atoms with Crippen LogP contribution in [0.4, 0.5) is 4.39 Å². The van der Waals surface area contributed by atoms with E-state index in [1.54, 1.807) is 12.1 Å². The maximum Gasteiger partial charge on any atom is 0.123 e. The molecule has 1 atom stereocenters. The monoisotopic (exact) mass is 259 g/mol. The molecule has 1 aromatic carbocycles. The van der Waals surface area contributed by atoms with Crippen molar-refractivity contribution in [1.29, 1.82) is 0 Å². The van der Waals surface area contributed by atoms with Gasteiger partial charge in [-0.1, -0.05) is 12.1 Å². The lowest BCUT2D eigenvalue weighted by atomic mass is 10.1. The fourth-order valence-electron chi connectivity index (χ4n) is 2.28. The van der Waals surface area contributed by atoms with Crippen LogP contribution in [0.25, 0.3) is 0 Å². The summed E-state index contributed by atoms with van der Waals surface area (Å²) in [6, 6.07) is 7.52. The van der Waals surface area contributed by atoms with Crippen LogP contribution in [0.5, 0.6) is 0 Å². The Hall–Kier alpha value is -1.68. The van der Waals surface area contributed by atoms with E-state index in [-0.39, 0.29) is 11.9 Å². The zero-order valence-corrected chi connectivity index (χ0v) is 11.0. The van der Waals surface area contributed by atoms with Crippen LogP contribution >= 0.6 is 0 Å². The minimum atomic E-state index is -0.192. The second kappa shape index (κ2) is 5.13. The normalized spacial score (nSPS) is 16.5. The van der Waals surface area contributed by atoms with Gasteiger partial charge in [-0.25, -0.2) is 9.37 Å². The number of imidazole rings is 1. The number of benzene rings is 1. The first-order valence-electron chi connectivity index (χ1n) is 6.73. The van der Waals surface area contributed by atoms with Crippen molar-refractivity contribution in [2.75, 3.05) is 0 Å². The molecule has 1 N–H and O–H groups in total. The second-order valence-corrected chi connectivity index (χ2v) is 5.18. The van der Waals surface area contributed by atoms with Gasteiger partial charge in [-0.3, -0.25) is 0 Å². The molecule has 1 fully saturated rings. The lowest BCUT2D eigenvalue weighted by molar-refractivity contribution is 0.567. The Kier molecular flexibility index (Phi) is 3.34. The maximum atomic E-state index is 13.3. The molecule has 1 aromatic heterocycles. The Morgan fingerprint density at radius 3 is 3.05 bits per heavy atom. The number of aromatic nitrogens is 2. The first-order chi connectivity index (χ1) is 9.24. The number of nitrogens with zero attached hydrogens (tertiary/aromatic N) is 2. The SMILES string of the molecule is CC(c1cccc(F)c1)n1cncc1CNC1CC1. The summed E-state index contributed by atoms with van der Waals surface area (Å²) in [6.45, 7) is 2.89. The predicted molar refractivity (Wildman–Crippen MR) is 72.3 cm³/mol. The van der Waals surface area contributed by atoms with E-state index in [4.69, 9.17) is 0 Å². The van der Waals surface area contributed by atoms with E-state index in [1.807, 2.05) is 18.6 Å². The third-order valence-electron chi connectivity index (χ3n) is 3.64. The molecule has 0 saturated heterocycles. The smallest absolute Gasteiger partial charge is 0.123 e. The van der Waals surface area contributed by atoms with E-state index in [2.05, 4.69) is 21.8 Å². The largest absolute Gasteiger partial charge is 0.326 e. The highest BCUT2D eigenvalue weighted by atomic mass is 19.1. The van der Waals surface area contributed by atoms with Gasteiger partial charge in [0.25, 0.3) is 0 Å². The van der Waals surface area contributed by atoms with Crippen molar-refractivity contribution in [2.24, 2.45) is 0 Å². The number of hydrogen-bond acceptors (Lipinski definition) is 2. The molecule has 19 heavy (non-hydrogen) atoms. The van der Waals surface area contributed by atoms with Gasteiger partial charge in [0.1, 0.15) is 5.82 Å². The van der Waals surface area contributed by atoms with Crippen molar-refractivity contribution in [2.45, 2.75) is 38.4 Å². The molecule has 0 amide bonds. The zero-order chi connectivity index (χ0) is 13.2. The number of hydrogen-bond donors (Lipinski definition) is 1. The summed E-state index contributed by atoms with van der Waals surface area (Å²) in [5, 5.41) is 3.48.